The van der Waals surface area contributed by atoms with Crippen molar-refractivity contribution in [3.05, 3.63) is 69.7 Å². The Morgan fingerprint density at radius 3 is 2.54 bits per heavy atom. The Morgan fingerprint density at radius 2 is 1.79 bits per heavy atom. The lowest BCUT2D eigenvalue weighted by atomic mass is 10.1. The molecule has 0 bridgehead atoms. The molecule has 2 aromatic rings. The number of amides is 1. The highest BCUT2D eigenvalue weighted by Gasteiger charge is 2.14. The summed E-state index contributed by atoms with van der Waals surface area (Å²) in [6.45, 7) is 0.163. The predicted octanol–water partition coefficient (Wildman–Crippen LogP) is 3.90. The summed E-state index contributed by atoms with van der Waals surface area (Å²) in [5.41, 5.74) is 1.36. The van der Waals surface area contributed by atoms with Gasteiger partial charge in [0.05, 0.1) is 10.6 Å². The van der Waals surface area contributed by atoms with Gasteiger partial charge in [-0.05, 0) is 36.6 Å². The van der Waals surface area contributed by atoms with E-state index in [2.05, 4.69) is 5.32 Å². The van der Waals surface area contributed by atoms with E-state index in [1.165, 1.54) is 17.7 Å². The van der Waals surface area contributed by atoms with Gasteiger partial charge in [-0.1, -0.05) is 53.5 Å². The molecule has 24 heavy (non-hydrogen) atoms. The van der Waals surface area contributed by atoms with Crippen molar-refractivity contribution in [2.45, 2.75) is 12.8 Å². The maximum Gasteiger partial charge on any atom is 0.340 e. The van der Waals surface area contributed by atoms with Gasteiger partial charge >= 0.3 is 5.97 Å². The standard InChI is InChI=1S/C18H17Cl2NO3/c19-14-8-9-16(20)15(11-14)18(23)24-12-17(22)21-10-4-7-13-5-2-1-3-6-13/h1-3,5-6,8-9,11H,4,7,10,12H2,(H,21,22). The van der Waals surface area contributed by atoms with E-state index < -0.39 is 5.97 Å². The van der Waals surface area contributed by atoms with Crippen molar-refractivity contribution in [1.82, 2.24) is 5.32 Å². The van der Waals surface area contributed by atoms with E-state index in [0.717, 1.165) is 12.8 Å². The van der Waals surface area contributed by atoms with E-state index in [0.29, 0.717) is 11.6 Å². The largest absolute Gasteiger partial charge is 0.452 e. The normalized spacial score (nSPS) is 10.2. The summed E-state index contributed by atoms with van der Waals surface area (Å²) in [5, 5.41) is 3.31. The van der Waals surface area contributed by atoms with Crippen molar-refractivity contribution in [3.8, 4) is 0 Å². The fourth-order valence-corrected chi connectivity index (χ4v) is 2.45. The molecular weight excluding hydrogens is 349 g/mol. The third-order valence-corrected chi connectivity index (χ3v) is 3.85. The molecule has 0 spiro atoms. The summed E-state index contributed by atoms with van der Waals surface area (Å²) in [4.78, 5) is 23.6. The van der Waals surface area contributed by atoms with Gasteiger partial charge in [0.25, 0.3) is 5.91 Å². The summed E-state index contributed by atoms with van der Waals surface area (Å²) < 4.78 is 4.95. The van der Waals surface area contributed by atoms with Crippen LogP contribution < -0.4 is 5.32 Å². The van der Waals surface area contributed by atoms with Crippen LogP contribution in [-0.4, -0.2) is 25.0 Å². The molecule has 0 aliphatic carbocycles. The van der Waals surface area contributed by atoms with Gasteiger partial charge in [-0.2, -0.15) is 0 Å². The van der Waals surface area contributed by atoms with Crippen molar-refractivity contribution >= 4 is 35.1 Å². The molecule has 1 amide bonds. The van der Waals surface area contributed by atoms with Crippen LogP contribution in [0.15, 0.2) is 48.5 Å². The van der Waals surface area contributed by atoms with Crippen molar-refractivity contribution < 1.29 is 14.3 Å². The number of carbonyl (C=O) groups is 2. The molecule has 4 nitrogen and oxygen atoms in total. The number of hydrogen-bond acceptors (Lipinski definition) is 3. The highest BCUT2D eigenvalue weighted by molar-refractivity contribution is 6.35. The second-order valence-electron chi connectivity index (χ2n) is 5.14. The molecular formula is C18H17Cl2NO3. The van der Waals surface area contributed by atoms with E-state index in [9.17, 15) is 9.59 Å². The first-order valence-corrected chi connectivity index (χ1v) is 8.24. The van der Waals surface area contributed by atoms with Crippen molar-refractivity contribution in [1.29, 1.82) is 0 Å². The third kappa shape index (κ3) is 5.87. The fourth-order valence-electron chi connectivity index (χ4n) is 2.08. The maximum absolute atomic E-state index is 11.9. The van der Waals surface area contributed by atoms with Crippen molar-refractivity contribution in [2.75, 3.05) is 13.2 Å². The van der Waals surface area contributed by atoms with Crippen LogP contribution in [0.3, 0.4) is 0 Å². The molecule has 0 unspecified atom stereocenters. The average molecular weight is 366 g/mol. The zero-order valence-electron chi connectivity index (χ0n) is 12.9. The van der Waals surface area contributed by atoms with E-state index in [-0.39, 0.29) is 23.1 Å². The van der Waals surface area contributed by atoms with E-state index in [1.54, 1.807) is 6.07 Å². The summed E-state index contributed by atoms with van der Waals surface area (Å²) in [6.07, 6.45) is 1.68. The quantitative estimate of drug-likeness (QED) is 0.597. The minimum Gasteiger partial charge on any atom is -0.452 e. The number of aryl methyl sites for hydroxylation is 1. The monoisotopic (exact) mass is 365 g/mol. The molecule has 0 aliphatic rings. The second kappa shape index (κ2) is 9.30. The zero-order valence-corrected chi connectivity index (χ0v) is 14.4. The number of benzene rings is 2. The van der Waals surface area contributed by atoms with Crippen LogP contribution in [0, 0.1) is 0 Å². The van der Waals surface area contributed by atoms with Gasteiger partial charge in [-0.15, -0.1) is 0 Å². The van der Waals surface area contributed by atoms with Gasteiger partial charge in [-0.25, -0.2) is 4.79 Å². The lowest BCUT2D eigenvalue weighted by Crippen LogP contribution is -2.29. The van der Waals surface area contributed by atoms with Crippen LogP contribution in [-0.2, 0) is 16.0 Å². The minimum absolute atomic E-state index is 0.140. The van der Waals surface area contributed by atoms with Crippen LogP contribution in [0.2, 0.25) is 10.0 Å². The topological polar surface area (TPSA) is 55.4 Å². The third-order valence-electron chi connectivity index (χ3n) is 3.29. The van der Waals surface area contributed by atoms with Crippen LogP contribution in [0.25, 0.3) is 0 Å². The Hall–Kier alpha value is -2.04. The molecule has 0 saturated carbocycles. The molecule has 0 radical (unpaired) electrons. The molecule has 0 saturated heterocycles. The minimum atomic E-state index is -0.679. The molecule has 6 heteroatoms. The van der Waals surface area contributed by atoms with Gasteiger partial charge in [0, 0.05) is 11.6 Å². The number of halogens is 2. The summed E-state index contributed by atoms with van der Waals surface area (Å²) in [7, 11) is 0. The van der Waals surface area contributed by atoms with Gasteiger partial charge in [0.15, 0.2) is 6.61 Å². The number of rotatable bonds is 7. The molecule has 0 atom stereocenters. The van der Waals surface area contributed by atoms with E-state index >= 15 is 0 Å². The first-order valence-electron chi connectivity index (χ1n) is 7.49. The Kier molecular flexibility index (Phi) is 7.09. The predicted molar refractivity (Wildman–Crippen MR) is 94.5 cm³/mol. The Bertz CT molecular complexity index is 705. The van der Waals surface area contributed by atoms with Crippen molar-refractivity contribution in [2.24, 2.45) is 0 Å². The average Bonchev–Trinajstić information content (AvgIpc) is 2.59. The number of ether oxygens (including phenoxy) is 1. The molecule has 0 aliphatic heterocycles. The number of nitrogens with one attached hydrogen (secondary N) is 1. The SMILES string of the molecule is O=C(COC(=O)c1cc(Cl)ccc1Cl)NCCCc1ccccc1. The first kappa shape index (κ1) is 18.3. The maximum atomic E-state index is 11.9. The van der Waals surface area contributed by atoms with E-state index in [1.807, 2.05) is 30.3 Å². The lowest BCUT2D eigenvalue weighted by molar-refractivity contribution is -0.124. The van der Waals surface area contributed by atoms with E-state index in [4.69, 9.17) is 27.9 Å². The molecule has 0 aromatic heterocycles. The smallest absolute Gasteiger partial charge is 0.340 e. The van der Waals surface area contributed by atoms with Crippen LogP contribution in [0.1, 0.15) is 22.3 Å². The van der Waals surface area contributed by atoms with Gasteiger partial charge in [-0.3, -0.25) is 4.79 Å². The van der Waals surface area contributed by atoms with Crippen molar-refractivity contribution in [3.63, 3.8) is 0 Å². The number of hydrogen-bond donors (Lipinski definition) is 1. The highest BCUT2D eigenvalue weighted by atomic mass is 35.5. The summed E-state index contributed by atoms with van der Waals surface area (Å²) >= 11 is 11.7. The number of carbonyl (C=O) groups excluding carboxylic acids is 2. The Morgan fingerprint density at radius 1 is 1.04 bits per heavy atom. The lowest BCUT2D eigenvalue weighted by Gasteiger charge is -2.08. The highest BCUT2D eigenvalue weighted by Crippen LogP contribution is 2.21. The number of esters is 1. The molecule has 2 aromatic carbocycles. The Balaban J connectivity index is 1.69. The molecule has 1 N–H and O–H groups in total. The molecule has 2 rings (SSSR count). The van der Waals surface area contributed by atoms with Crippen LogP contribution in [0.4, 0.5) is 0 Å². The molecule has 0 fully saturated rings. The van der Waals surface area contributed by atoms with Gasteiger partial charge in [0.1, 0.15) is 0 Å². The molecule has 126 valence electrons. The Labute approximate surface area is 150 Å². The molecule has 0 heterocycles. The zero-order chi connectivity index (χ0) is 17.4. The van der Waals surface area contributed by atoms with Crippen LogP contribution >= 0.6 is 23.2 Å². The summed E-state index contributed by atoms with van der Waals surface area (Å²) in [6, 6.07) is 14.5. The van der Waals surface area contributed by atoms with Gasteiger partial charge in [0.2, 0.25) is 0 Å². The summed E-state index contributed by atoms with van der Waals surface area (Å²) in [5.74, 6) is -1.03. The second-order valence-corrected chi connectivity index (χ2v) is 5.98. The first-order chi connectivity index (χ1) is 11.6. The van der Waals surface area contributed by atoms with Crippen LogP contribution in [0.5, 0.6) is 0 Å². The fraction of sp³-hybridized carbons (Fsp3) is 0.222. The van der Waals surface area contributed by atoms with Gasteiger partial charge < -0.3 is 10.1 Å².